The number of alkyl halides is 3. The Morgan fingerprint density at radius 1 is 1.24 bits per heavy atom. The van der Waals surface area contributed by atoms with Crippen LogP contribution in [0.15, 0.2) is 29.6 Å². The molecule has 3 aromatic rings. The van der Waals surface area contributed by atoms with Crippen LogP contribution in [-0.4, -0.2) is 50.4 Å². The van der Waals surface area contributed by atoms with Crippen LogP contribution in [0, 0.1) is 5.92 Å². The number of aromatic amines is 1. The number of fused-ring (bicyclic) bond motifs is 1. The van der Waals surface area contributed by atoms with Gasteiger partial charge in [0.2, 0.25) is 0 Å². The molecule has 29 heavy (non-hydrogen) atoms. The van der Waals surface area contributed by atoms with E-state index in [0.717, 1.165) is 32.5 Å². The van der Waals surface area contributed by atoms with E-state index in [2.05, 4.69) is 30.0 Å². The second-order valence-electron chi connectivity index (χ2n) is 6.98. The van der Waals surface area contributed by atoms with Gasteiger partial charge in [-0.25, -0.2) is 4.98 Å². The molecule has 1 aliphatic rings. The van der Waals surface area contributed by atoms with E-state index in [-0.39, 0.29) is 10.9 Å². The summed E-state index contributed by atoms with van der Waals surface area (Å²) < 4.78 is 43.8. The normalized spacial score (nSPS) is 15.7. The second-order valence-corrected chi connectivity index (χ2v) is 6.98. The zero-order valence-electron chi connectivity index (χ0n) is 15.4. The van der Waals surface area contributed by atoms with Gasteiger partial charge >= 0.3 is 6.18 Å². The first kappa shape index (κ1) is 19.4. The van der Waals surface area contributed by atoms with Crippen molar-refractivity contribution in [1.29, 1.82) is 0 Å². The summed E-state index contributed by atoms with van der Waals surface area (Å²) in [5, 5.41) is 3.52. The summed E-state index contributed by atoms with van der Waals surface area (Å²) >= 11 is 0. The van der Waals surface area contributed by atoms with E-state index in [1.165, 1.54) is 12.3 Å². The van der Waals surface area contributed by atoms with Crippen molar-refractivity contribution in [3.8, 4) is 17.4 Å². The predicted octanol–water partition coefficient (Wildman–Crippen LogP) is 2.12. The van der Waals surface area contributed by atoms with E-state index in [9.17, 15) is 18.0 Å². The lowest BCUT2D eigenvalue weighted by atomic mass is 9.98. The topological polar surface area (TPSA) is 97.7 Å². The highest BCUT2D eigenvalue weighted by Crippen LogP contribution is 2.24. The van der Waals surface area contributed by atoms with Crippen molar-refractivity contribution < 1.29 is 17.9 Å². The van der Waals surface area contributed by atoms with Crippen LogP contribution >= 0.6 is 0 Å². The van der Waals surface area contributed by atoms with Crippen LogP contribution in [-0.2, 0) is 6.54 Å². The molecule has 1 aliphatic heterocycles. The Kier molecular flexibility index (Phi) is 5.22. The maximum Gasteiger partial charge on any atom is 0.422 e. The molecule has 11 heteroatoms. The van der Waals surface area contributed by atoms with Gasteiger partial charge in [0.15, 0.2) is 6.61 Å². The number of piperidine rings is 1. The van der Waals surface area contributed by atoms with E-state index in [0.29, 0.717) is 17.3 Å². The molecule has 0 spiro atoms. The Labute approximate surface area is 163 Å². The summed E-state index contributed by atoms with van der Waals surface area (Å²) in [5.41, 5.74) is 0.337. The number of hydrogen-bond acceptors (Lipinski definition) is 6. The SMILES string of the molecule is O=c1[nH]c(OCC(F)(F)F)nc2c(-c3cn(CC4CCNCC4)cn3)nccc12. The minimum atomic E-state index is -4.54. The first-order valence-corrected chi connectivity index (χ1v) is 9.20. The Bertz CT molecular complexity index is 1060. The summed E-state index contributed by atoms with van der Waals surface area (Å²) in [7, 11) is 0. The highest BCUT2D eigenvalue weighted by Gasteiger charge is 2.29. The second kappa shape index (κ2) is 7.82. The molecule has 3 aromatic heterocycles. The Morgan fingerprint density at radius 3 is 2.79 bits per heavy atom. The van der Waals surface area contributed by atoms with Crippen molar-refractivity contribution in [2.75, 3.05) is 19.7 Å². The predicted molar refractivity (Wildman–Crippen MR) is 98.5 cm³/mol. The number of imidazole rings is 1. The Hall–Kier alpha value is -2.95. The molecule has 1 fully saturated rings. The Morgan fingerprint density at radius 2 is 2.03 bits per heavy atom. The number of halogens is 3. The molecule has 4 rings (SSSR count). The van der Waals surface area contributed by atoms with Crippen LogP contribution in [0.5, 0.6) is 6.01 Å². The van der Waals surface area contributed by atoms with Crippen molar-refractivity contribution >= 4 is 10.9 Å². The van der Waals surface area contributed by atoms with E-state index in [1.807, 2.05) is 10.8 Å². The molecule has 154 valence electrons. The number of nitrogens with zero attached hydrogens (tertiary/aromatic N) is 4. The van der Waals surface area contributed by atoms with Crippen LogP contribution in [0.4, 0.5) is 13.2 Å². The Balaban J connectivity index is 1.64. The van der Waals surface area contributed by atoms with E-state index < -0.39 is 24.4 Å². The van der Waals surface area contributed by atoms with Gasteiger partial charge < -0.3 is 14.6 Å². The third kappa shape index (κ3) is 4.56. The van der Waals surface area contributed by atoms with Crippen LogP contribution in [0.1, 0.15) is 12.8 Å². The lowest BCUT2D eigenvalue weighted by Gasteiger charge is -2.22. The number of rotatable bonds is 5. The number of hydrogen-bond donors (Lipinski definition) is 2. The minimum absolute atomic E-state index is 0.139. The molecule has 0 unspecified atom stereocenters. The summed E-state index contributed by atoms with van der Waals surface area (Å²) in [6.07, 6.45) is 2.55. The van der Waals surface area contributed by atoms with Crippen LogP contribution < -0.4 is 15.6 Å². The van der Waals surface area contributed by atoms with Crippen LogP contribution in [0.25, 0.3) is 22.3 Å². The molecule has 0 aliphatic carbocycles. The highest BCUT2D eigenvalue weighted by atomic mass is 19.4. The average Bonchev–Trinajstić information content (AvgIpc) is 3.14. The first-order valence-electron chi connectivity index (χ1n) is 9.20. The summed E-state index contributed by atoms with van der Waals surface area (Å²) in [6.45, 7) is 1.24. The van der Waals surface area contributed by atoms with Gasteiger partial charge in [-0.3, -0.25) is 14.8 Å². The van der Waals surface area contributed by atoms with Crippen LogP contribution in [0.2, 0.25) is 0 Å². The number of ether oxygens (including phenoxy) is 1. The molecule has 0 aromatic carbocycles. The fourth-order valence-electron chi connectivity index (χ4n) is 3.39. The van der Waals surface area contributed by atoms with Crippen molar-refractivity contribution in [3.05, 3.63) is 35.1 Å². The molecule has 0 saturated carbocycles. The third-order valence-electron chi connectivity index (χ3n) is 4.78. The smallest absolute Gasteiger partial charge is 0.422 e. The van der Waals surface area contributed by atoms with Crippen molar-refractivity contribution in [3.63, 3.8) is 0 Å². The van der Waals surface area contributed by atoms with Gasteiger partial charge in [0.1, 0.15) is 16.9 Å². The van der Waals surface area contributed by atoms with Gasteiger partial charge in [0.05, 0.1) is 11.7 Å². The van der Waals surface area contributed by atoms with Gasteiger partial charge in [0.25, 0.3) is 11.6 Å². The van der Waals surface area contributed by atoms with E-state index >= 15 is 0 Å². The molecule has 0 atom stereocenters. The lowest BCUT2D eigenvalue weighted by molar-refractivity contribution is -0.154. The highest BCUT2D eigenvalue weighted by molar-refractivity contribution is 5.89. The first-order chi connectivity index (χ1) is 13.9. The van der Waals surface area contributed by atoms with Gasteiger partial charge in [-0.15, -0.1) is 0 Å². The summed E-state index contributed by atoms with van der Waals surface area (Å²) in [4.78, 5) is 27.1. The van der Waals surface area contributed by atoms with Crippen molar-refractivity contribution in [2.45, 2.75) is 25.6 Å². The molecular weight excluding hydrogens is 389 g/mol. The fraction of sp³-hybridized carbons (Fsp3) is 0.444. The molecule has 1 saturated heterocycles. The number of H-pyrrole nitrogens is 1. The molecule has 0 bridgehead atoms. The summed E-state index contributed by atoms with van der Waals surface area (Å²) in [5.74, 6) is 0.544. The zero-order valence-corrected chi connectivity index (χ0v) is 15.4. The quantitative estimate of drug-likeness (QED) is 0.671. The monoisotopic (exact) mass is 408 g/mol. The largest absolute Gasteiger partial charge is 0.455 e. The van der Waals surface area contributed by atoms with Crippen molar-refractivity contribution in [2.24, 2.45) is 5.92 Å². The van der Waals surface area contributed by atoms with Gasteiger partial charge in [-0.1, -0.05) is 0 Å². The van der Waals surface area contributed by atoms with Gasteiger partial charge in [-0.05, 0) is 37.9 Å². The molecule has 2 N–H and O–H groups in total. The van der Waals surface area contributed by atoms with Crippen LogP contribution in [0.3, 0.4) is 0 Å². The fourth-order valence-corrected chi connectivity index (χ4v) is 3.39. The van der Waals surface area contributed by atoms with E-state index in [4.69, 9.17) is 0 Å². The van der Waals surface area contributed by atoms with E-state index in [1.54, 1.807) is 6.33 Å². The van der Waals surface area contributed by atoms with Crippen molar-refractivity contribution in [1.82, 2.24) is 29.8 Å². The maximum atomic E-state index is 12.4. The maximum absolute atomic E-state index is 12.4. The summed E-state index contributed by atoms with van der Waals surface area (Å²) in [6, 6.07) is 0.938. The molecular formula is C18H19F3N6O2. The molecule has 0 amide bonds. The standard InChI is InChI=1S/C18H19F3N6O2/c19-18(20,21)9-29-17-25-14-12(16(28)26-17)3-6-23-15(14)13-8-27(10-24-13)7-11-1-4-22-5-2-11/h3,6,8,10-11,22H,1-2,4-5,7,9H2,(H,25,26,28). The number of pyridine rings is 1. The lowest BCUT2D eigenvalue weighted by Crippen LogP contribution is -2.29. The minimum Gasteiger partial charge on any atom is -0.455 e. The van der Waals surface area contributed by atoms with Gasteiger partial charge in [0, 0.05) is 18.9 Å². The third-order valence-corrected chi connectivity index (χ3v) is 4.78. The molecule has 0 radical (unpaired) electrons. The zero-order chi connectivity index (χ0) is 20.4. The molecule has 4 heterocycles. The molecule has 8 nitrogen and oxygen atoms in total. The number of nitrogens with one attached hydrogen (secondary N) is 2. The number of aromatic nitrogens is 5. The average molecular weight is 408 g/mol. The van der Waals surface area contributed by atoms with Gasteiger partial charge in [-0.2, -0.15) is 18.2 Å².